The topological polar surface area (TPSA) is 43.9 Å². The monoisotopic (exact) mass is 369 g/mol. The Hall–Kier alpha value is -2.89. The molecule has 2 aromatic rings. The third-order valence-corrected chi connectivity index (χ3v) is 4.82. The lowest BCUT2D eigenvalue weighted by Crippen LogP contribution is -2.49. The molecule has 1 heterocycles. The molecule has 0 bridgehead atoms. The van der Waals surface area contributed by atoms with Crippen molar-refractivity contribution in [2.24, 2.45) is 0 Å². The first kappa shape index (κ1) is 18.9. The second-order valence-corrected chi connectivity index (χ2v) is 6.60. The Morgan fingerprint density at radius 3 is 2.19 bits per heavy atom. The summed E-state index contributed by atoms with van der Waals surface area (Å²) < 4.78 is 13.1. The van der Waals surface area contributed by atoms with E-state index in [0.29, 0.717) is 25.3 Å². The molecule has 1 saturated heterocycles. The minimum atomic E-state index is -0.352. The average Bonchev–Trinajstić information content (AvgIpc) is 2.70. The van der Waals surface area contributed by atoms with Crippen LogP contribution in [0.2, 0.25) is 0 Å². The highest BCUT2D eigenvalue weighted by Gasteiger charge is 2.22. The molecule has 0 radical (unpaired) electrons. The van der Waals surface area contributed by atoms with Gasteiger partial charge in [-0.3, -0.25) is 9.59 Å². The SMILES string of the molecule is CC(=O)N(CCC(=O)N1CCN(c2ccccc2)CC1)c1ccc(F)cc1. The number of anilines is 2. The van der Waals surface area contributed by atoms with E-state index in [1.807, 2.05) is 23.1 Å². The minimum Gasteiger partial charge on any atom is -0.368 e. The van der Waals surface area contributed by atoms with Crippen LogP contribution in [0.5, 0.6) is 0 Å². The quantitative estimate of drug-likeness (QED) is 0.814. The van der Waals surface area contributed by atoms with Crippen molar-refractivity contribution in [3.8, 4) is 0 Å². The van der Waals surface area contributed by atoms with Crippen molar-refractivity contribution in [1.82, 2.24) is 4.90 Å². The fourth-order valence-electron chi connectivity index (χ4n) is 3.31. The maximum absolute atomic E-state index is 13.1. The lowest BCUT2D eigenvalue weighted by molar-refractivity contribution is -0.131. The van der Waals surface area contributed by atoms with Crippen molar-refractivity contribution in [1.29, 1.82) is 0 Å². The van der Waals surface area contributed by atoms with Crippen molar-refractivity contribution >= 4 is 23.2 Å². The normalized spacial score (nSPS) is 14.1. The molecule has 1 aliphatic heterocycles. The lowest BCUT2D eigenvalue weighted by Gasteiger charge is -2.36. The standard InChI is InChI=1S/C21H24FN3O2/c1-17(26)25(20-9-7-18(22)8-10-20)12-11-21(27)24-15-13-23(14-16-24)19-5-3-2-4-6-19/h2-10H,11-16H2,1H3. The van der Waals surface area contributed by atoms with Gasteiger partial charge in [0.2, 0.25) is 11.8 Å². The molecule has 3 rings (SSSR count). The van der Waals surface area contributed by atoms with Crippen LogP contribution in [0, 0.1) is 5.82 Å². The van der Waals surface area contributed by atoms with E-state index in [1.165, 1.54) is 29.6 Å². The summed E-state index contributed by atoms with van der Waals surface area (Å²) in [6.45, 7) is 4.67. The van der Waals surface area contributed by atoms with Crippen molar-refractivity contribution in [3.63, 3.8) is 0 Å². The largest absolute Gasteiger partial charge is 0.368 e. The number of hydrogen-bond acceptors (Lipinski definition) is 3. The first-order valence-electron chi connectivity index (χ1n) is 9.16. The van der Waals surface area contributed by atoms with Crippen LogP contribution in [0.4, 0.5) is 15.8 Å². The van der Waals surface area contributed by atoms with E-state index in [0.717, 1.165) is 13.1 Å². The van der Waals surface area contributed by atoms with Gasteiger partial charge in [-0.25, -0.2) is 4.39 Å². The molecule has 2 amide bonds. The number of halogens is 1. The number of para-hydroxylation sites is 1. The van der Waals surface area contributed by atoms with Gasteiger partial charge in [0.05, 0.1) is 0 Å². The molecule has 0 unspecified atom stereocenters. The number of hydrogen-bond donors (Lipinski definition) is 0. The van der Waals surface area contributed by atoms with Gasteiger partial charge >= 0.3 is 0 Å². The zero-order valence-corrected chi connectivity index (χ0v) is 15.5. The fourth-order valence-corrected chi connectivity index (χ4v) is 3.31. The van der Waals surface area contributed by atoms with Gasteiger partial charge in [0.25, 0.3) is 0 Å². The summed E-state index contributed by atoms with van der Waals surface area (Å²) in [6.07, 6.45) is 0.252. The molecule has 0 aromatic heterocycles. The zero-order chi connectivity index (χ0) is 19.2. The van der Waals surface area contributed by atoms with Gasteiger partial charge in [0.15, 0.2) is 0 Å². The number of rotatable bonds is 5. The van der Waals surface area contributed by atoms with Crippen LogP contribution in [-0.4, -0.2) is 49.4 Å². The maximum atomic E-state index is 13.1. The zero-order valence-electron chi connectivity index (χ0n) is 15.5. The highest BCUT2D eigenvalue weighted by atomic mass is 19.1. The van der Waals surface area contributed by atoms with Gasteiger partial charge in [-0.15, -0.1) is 0 Å². The Kier molecular flexibility index (Phi) is 6.06. The van der Waals surface area contributed by atoms with E-state index >= 15 is 0 Å². The van der Waals surface area contributed by atoms with E-state index < -0.39 is 0 Å². The second kappa shape index (κ2) is 8.66. The number of piperazine rings is 1. The first-order valence-corrected chi connectivity index (χ1v) is 9.16. The Bertz CT molecular complexity index is 772. The van der Waals surface area contributed by atoms with Gasteiger partial charge in [0, 0.05) is 57.4 Å². The Morgan fingerprint density at radius 1 is 0.963 bits per heavy atom. The minimum absolute atomic E-state index is 0.0380. The van der Waals surface area contributed by atoms with Crippen molar-refractivity contribution in [2.45, 2.75) is 13.3 Å². The molecule has 0 N–H and O–H groups in total. The molecule has 142 valence electrons. The van der Waals surface area contributed by atoms with Crippen LogP contribution < -0.4 is 9.80 Å². The van der Waals surface area contributed by atoms with Crippen LogP contribution in [0.3, 0.4) is 0 Å². The average molecular weight is 369 g/mol. The number of benzene rings is 2. The Balaban J connectivity index is 1.53. The highest BCUT2D eigenvalue weighted by molar-refractivity contribution is 5.92. The Morgan fingerprint density at radius 2 is 1.59 bits per heavy atom. The molecule has 0 spiro atoms. The van der Waals surface area contributed by atoms with E-state index in [2.05, 4.69) is 17.0 Å². The molecular weight excluding hydrogens is 345 g/mol. The molecule has 6 heteroatoms. The predicted molar refractivity (Wildman–Crippen MR) is 104 cm³/mol. The van der Waals surface area contributed by atoms with Gasteiger partial charge in [0.1, 0.15) is 5.82 Å². The summed E-state index contributed by atoms with van der Waals surface area (Å²) in [7, 11) is 0. The molecule has 1 aliphatic rings. The smallest absolute Gasteiger partial charge is 0.224 e. The van der Waals surface area contributed by atoms with Crippen LogP contribution in [0.25, 0.3) is 0 Å². The van der Waals surface area contributed by atoms with Crippen LogP contribution in [0.15, 0.2) is 54.6 Å². The first-order chi connectivity index (χ1) is 13.0. The fraction of sp³-hybridized carbons (Fsp3) is 0.333. The molecule has 1 fully saturated rings. The summed E-state index contributed by atoms with van der Waals surface area (Å²) in [4.78, 5) is 30.1. The van der Waals surface area contributed by atoms with Crippen LogP contribution >= 0.6 is 0 Å². The second-order valence-electron chi connectivity index (χ2n) is 6.60. The molecule has 0 atom stereocenters. The summed E-state index contributed by atoms with van der Waals surface area (Å²) in [6, 6.07) is 15.9. The number of nitrogens with zero attached hydrogens (tertiary/aromatic N) is 3. The summed E-state index contributed by atoms with van der Waals surface area (Å²) in [5.41, 5.74) is 1.77. The van der Waals surface area contributed by atoms with Crippen LogP contribution in [-0.2, 0) is 9.59 Å². The third kappa shape index (κ3) is 4.84. The maximum Gasteiger partial charge on any atom is 0.224 e. The van der Waals surface area contributed by atoms with Crippen molar-refractivity contribution < 1.29 is 14.0 Å². The van der Waals surface area contributed by atoms with E-state index in [9.17, 15) is 14.0 Å². The van der Waals surface area contributed by atoms with Gasteiger partial charge in [-0.05, 0) is 36.4 Å². The number of carbonyl (C=O) groups excluding carboxylic acids is 2. The van der Waals surface area contributed by atoms with Gasteiger partial charge in [-0.2, -0.15) is 0 Å². The van der Waals surface area contributed by atoms with Crippen LogP contribution in [0.1, 0.15) is 13.3 Å². The number of carbonyl (C=O) groups is 2. The molecule has 5 nitrogen and oxygen atoms in total. The predicted octanol–water partition coefficient (Wildman–Crippen LogP) is 2.92. The summed E-state index contributed by atoms with van der Waals surface area (Å²) in [5, 5.41) is 0. The number of amides is 2. The molecular formula is C21H24FN3O2. The van der Waals surface area contributed by atoms with E-state index in [4.69, 9.17) is 0 Å². The Labute approximate surface area is 159 Å². The molecule has 2 aromatic carbocycles. The highest BCUT2D eigenvalue weighted by Crippen LogP contribution is 2.18. The van der Waals surface area contributed by atoms with E-state index in [1.54, 1.807) is 12.1 Å². The van der Waals surface area contributed by atoms with E-state index in [-0.39, 0.29) is 24.1 Å². The molecule has 0 aliphatic carbocycles. The van der Waals surface area contributed by atoms with Gasteiger partial charge < -0.3 is 14.7 Å². The van der Waals surface area contributed by atoms with Crippen molar-refractivity contribution in [2.75, 3.05) is 42.5 Å². The lowest BCUT2D eigenvalue weighted by atomic mass is 10.2. The summed E-state index contributed by atoms with van der Waals surface area (Å²) >= 11 is 0. The molecule has 27 heavy (non-hydrogen) atoms. The third-order valence-electron chi connectivity index (χ3n) is 4.82. The van der Waals surface area contributed by atoms with Gasteiger partial charge in [-0.1, -0.05) is 18.2 Å². The van der Waals surface area contributed by atoms with Crippen molar-refractivity contribution in [3.05, 3.63) is 60.4 Å². The summed E-state index contributed by atoms with van der Waals surface area (Å²) in [5.74, 6) is -0.478. The molecule has 0 saturated carbocycles.